The van der Waals surface area contributed by atoms with E-state index in [4.69, 9.17) is 4.74 Å². The molecule has 2 aromatic rings. The zero-order valence-electron chi connectivity index (χ0n) is 17.8. The number of hydrogen-bond donors (Lipinski definition) is 0. The fourth-order valence-electron chi connectivity index (χ4n) is 4.94. The molecule has 1 unspecified atom stereocenters. The van der Waals surface area contributed by atoms with Crippen molar-refractivity contribution in [1.29, 1.82) is 0 Å². The van der Waals surface area contributed by atoms with Crippen molar-refractivity contribution in [2.45, 2.75) is 53.5 Å². The quantitative estimate of drug-likeness (QED) is 0.719. The Morgan fingerprint density at radius 2 is 1.79 bits per heavy atom. The first-order valence-electron chi connectivity index (χ1n) is 10.1. The Labute approximate surface area is 168 Å². The van der Waals surface area contributed by atoms with Crippen molar-refractivity contribution in [3.63, 3.8) is 0 Å². The van der Waals surface area contributed by atoms with Crippen molar-refractivity contribution in [3.05, 3.63) is 63.2 Å². The summed E-state index contributed by atoms with van der Waals surface area (Å²) in [6.07, 6.45) is 1.51. The number of ketones is 1. The highest BCUT2D eigenvalue weighted by molar-refractivity contribution is 5.95. The fourth-order valence-corrected chi connectivity index (χ4v) is 4.94. The molecule has 0 N–H and O–H groups in total. The van der Waals surface area contributed by atoms with E-state index < -0.39 is 0 Å². The first kappa shape index (κ1) is 18.8. The van der Waals surface area contributed by atoms with Gasteiger partial charge in [0.25, 0.3) is 0 Å². The zero-order chi connectivity index (χ0) is 20.2. The van der Waals surface area contributed by atoms with Crippen molar-refractivity contribution in [2.24, 2.45) is 0 Å². The van der Waals surface area contributed by atoms with Crippen molar-refractivity contribution >= 4 is 17.1 Å². The second-order valence-electron chi connectivity index (χ2n) is 8.31. The standard InChI is InChI=1S/C25H29NO2/c1-14-7-8-20-18(5)24-21-12-16(3)15(2)11-19(21)9-10-26(24)22(13-17(4)27)23(20)25(14)28-6/h7-8,11-12,22H,9-10,13H2,1-6H3. The highest BCUT2D eigenvalue weighted by Gasteiger charge is 2.38. The van der Waals surface area contributed by atoms with Crippen molar-refractivity contribution in [1.82, 2.24) is 4.90 Å². The van der Waals surface area contributed by atoms with Crippen molar-refractivity contribution in [2.75, 3.05) is 13.7 Å². The normalized spacial score (nSPS) is 17.8. The van der Waals surface area contributed by atoms with Crippen LogP contribution >= 0.6 is 0 Å². The van der Waals surface area contributed by atoms with Gasteiger partial charge < -0.3 is 9.64 Å². The molecule has 3 nitrogen and oxygen atoms in total. The molecule has 3 heteroatoms. The van der Waals surface area contributed by atoms with Crippen LogP contribution in [0.15, 0.2) is 24.3 Å². The van der Waals surface area contributed by atoms with Crippen LogP contribution in [0.2, 0.25) is 0 Å². The van der Waals surface area contributed by atoms with Gasteiger partial charge in [0.05, 0.1) is 13.2 Å². The van der Waals surface area contributed by atoms with Crippen LogP contribution in [0.25, 0.3) is 11.3 Å². The van der Waals surface area contributed by atoms with Gasteiger partial charge in [-0.2, -0.15) is 0 Å². The molecular weight excluding hydrogens is 346 g/mol. The third kappa shape index (κ3) is 2.76. The predicted octanol–water partition coefficient (Wildman–Crippen LogP) is 5.40. The van der Waals surface area contributed by atoms with Gasteiger partial charge in [0.1, 0.15) is 11.5 Å². The summed E-state index contributed by atoms with van der Waals surface area (Å²) in [7, 11) is 1.74. The number of fused-ring (bicyclic) bond motifs is 4. The summed E-state index contributed by atoms with van der Waals surface area (Å²) in [5.74, 6) is 1.14. The van der Waals surface area contributed by atoms with E-state index in [0.29, 0.717) is 6.42 Å². The third-order valence-electron chi connectivity index (χ3n) is 6.43. The van der Waals surface area contributed by atoms with E-state index >= 15 is 0 Å². The molecule has 28 heavy (non-hydrogen) atoms. The van der Waals surface area contributed by atoms with Gasteiger partial charge in [-0.1, -0.05) is 18.2 Å². The minimum absolute atomic E-state index is 0.0239. The first-order valence-corrected chi connectivity index (χ1v) is 10.1. The van der Waals surface area contributed by atoms with Gasteiger partial charge in [0, 0.05) is 29.8 Å². The highest BCUT2D eigenvalue weighted by Crippen LogP contribution is 2.50. The van der Waals surface area contributed by atoms with Gasteiger partial charge in [0.2, 0.25) is 0 Å². The van der Waals surface area contributed by atoms with Gasteiger partial charge in [0.15, 0.2) is 0 Å². The van der Waals surface area contributed by atoms with Crippen molar-refractivity contribution in [3.8, 4) is 5.75 Å². The van der Waals surface area contributed by atoms with E-state index in [1.807, 2.05) is 0 Å². The predicted molar refractivity (Wildman–Crippen MR) is 115 cm³/mol. The molecule has 0 bridgehead atoms. The zero-order valence-corrected chi connectivity index (χ0v) is 17.8. The molecule has 146 valence electrons. The lowest BCUT2D eigenvalue weighted by Crippen LogP contribution is -2.37. The molecule has 2 aromatic carbocycles. The Morgan fingerprint density at radius 3 is 2.46 bits per heavy atom. The molecule has 0 amide bonds. The van der Waals surface area contributed by atoms with Crippen LogP contribution in [-0.4, -0.2) is 24.3 Å². The molecular formula is C25H29NO2. The second kappa shape index (κ2) is 6.80. The Balaban J connectivity index is 2.02. The van der Waals surface area contributed by atoms with E-state index in [1.165, 1.54) is 44.7 Å². The minimum Gasteiger partial charge on any atom is -0.496 e. The molecule has 2 aliphatic rings. The SMILES string of the molecule is COc1c(C)ccc2c1C(CC(C)=O)N1CCc3cc(C)c(C)cc3C1=C2C. The average molecular weight is 376 g/mol. The van der Waals surface area contributed by atoms with Gasteiger partial charge in [-0.05, 0) is 80.5 Å². The molecule has 0 fully saturated rings. The monoisotopic (exact) mass is 375 g/mol. The van der Waals surface area contributed by atoms with Crippen molar-refractivity contribution < 1.29 is 9.53 Å². The molecule has 0 radical (unpaired) electrons. The lowest BCUT2D eigenvalue weighted by atomic mass is 9.80. The maximum absolute atomic E-state index is 12.2. The molecule has 1 atom stereocenters. The van der Waals surface area contributed by atoms with Crippen LogP contribution in [0.1, 0.15) is 65.3 Å². The number of Topliss-reactive ketones (excluding diaryl/α,β-unsaturated/α-hetero) is 1. The van der Waals surface area contributed by atoms with E-state index in [1.54, 1.807) is 14.0 Å². The summed E-state index contributed by atoms with van der Waals surface area (Å²) in [5.41, 5.74) is 11.5. The van der Waals surface area contributed by atoms with Crippen LogP contribution < -0.4 is 4.74 Å². The van der Waals surface area contributed by atoms with Crippen LogP contribution in [0.3, 0.4) is 0 Å². The summed E-state index contributed by atoms with van der Waals surface area (Å²) in [4.78, 5) is 14.7. The molecule has 0 saturated heterocycles. The molecule has 2 aliphatic heterocycles. The Hall–Kier alpha value is -2.55. The Morgan fingerprint density at radius 1 is 1.07 bits per heavy atom. The summed E-state index contributed by atoms with van der Waals surface area (Å²) >= 11 is 0. The number of rotatable bonds is 3. The number of carbonyl (C=O) groups is 1. The number of nitrogens with zero attached hydrogens (tertiary/aromatic N) is 1. The maximum Gasteiger partial charge on any atom is 0.132 e. The molecule has 0 spiro atoms. The van der Waals surface area contributed by atoms with E-state index in [9.17, 15) is 4.79 Å². The number of methoxy groups -OCH3 is 1. The first-order chi connectivity index (χ1) is 13.3. The molecule has 4 rings (SSSR count). The van der Waals surface area contributed by atoms with Gasteiger partial charge >= 0.3 is 0 Å². The van der Waals surface area contributed by atoms with Gasteiger partial charge in [-0.15, -0.1) is 0 Å². The number of benzene rings is 2. The van der Waals surface area contributed by atoms with Gasteiger partial charge in [-0.25, -0.2) is 0 Å². The Kier molecular flexibility index (Phi) is 4.57. The summed E-state index contributed by atoms with van der Waals surface area (Å²) < 4.78 is 5.83. The van der Waals surface area contributed by atoms with E-state index in [0.717, 1.165) is 24.3 Å². The molecule has 0 saturated carbocycles. The van der Waals surface area contributed by atoms with Crippen LogP contribution in [0.5, 0.6) is 5.75 Å². The molecule has 2 heterocycles. The summed E-state index contributed by atoms with van der Waals surface area (Å²) in [6, 6.07) is 9.03. The Bertz CT molecular complexity index is 1020. The second-order valence-corrected chi connectivity index (χ2v) is 8.31. The minimum atomic E-state index is 0.0239. The number of carbonyl (C=O) groups excluding carboxylic acids is 1. The summed E-state index contributed by atoms with van der Waals surface area (Å²) in [5, 5.41) is 0. The van der Waals surface area contributed by atoms with Crippen LogP contribution in [-0.2, 0) is 11.2 Å². The lowest BCUT2D eigenvalue weighted by molar-refractivity contribution is -0.118. The summed E-state index contributed by atoms with van der Waals surface area (Å²) in [6.45, 7) is 11.3. The lowest BCUT2D eigenvalue weighted by Gasteiger charge is -2.45. The average Bonchev–Trinajstić information content (AvgIpc) is 2.65. The largest absolute Gasteiger partial charge is 0.496 e. The van der Waals surface area contributed by atoms with E-state index in [-0.39, 0.29) is 11.8 Å². The molecule has 0 aromatic heterocycles. The fraction of sp³-hybridized carbons (Fsp3) is 0.400. The van der Waals surface area contributed by atoms with Crippen LogP contribution in [0, 0.1) is 20.8 Å². The maximum atomic E-state index is 12.2. The molecule has 0 aliphatic carbocycles. The number of hydrogen-bond acceptors (Lipinski definition) is 3. The smallest absolute Gasteiger partial charge is 0.132 e. The topological polar surface area (TPSA) is 29.5 Å². The van der Waals surface area contributed by atoms with E-state index in [2.05, 4.69) is 56.9 Å². The number of allylic oxidation sites excluding steroid dienone is 1. The number of ether oxygens (including phenoxy) is 1. The number of aryl methyl sites for hydroxylation is 3. The van der Waals surface area contributed by atoms with Crippen LogP contribution in [0.4, 0.5) is 0 Å². The third-order valence-corrected chi connectivity index (χ3v) is 6.43. The van der Waals surface area contributed by atoms with Gasteiger partial charge in [-0.3, -0.25) is 4.79 Å². The highest BCUT2D eigenvalue weighted by atomic mass is 16.5.